The lowest BCUT2D eigenvalue weighted by atomic mass is 9.78. The van der Waals surface area contributed by atoms with Crippen LogP contribution in [0.1, 0.15) is 89.2 Å². The number of hydrogen-bond donors (Lipinski definition) is 0. The summed E-state index contributed by atoms with van der Waals surface area (Å²) < 4.78 is 43.1. The van der Waals surface area contributed by atoms with Crippen LogP contribution in [0.4, 0.5) is 13.2 Å². The van der Waals surface area contributed by atoms with Gasteiger partial charge in [0, 0.05) is 41.3 Å². The Labute approximate surface area is 183 Å². The number of halogens is 3. The van der Waals surface area contributed by atoms with Crippen molar-refractivity contribution in [3.05, 3.63) is 36.0 Å². The van der Waals surface area contributed by atoms with Gasteiger partial charge in [0.15, 0.2) is 0 Å². The van der Waals surface area contributed by atoms with Gasteiger partial charge >= 0.3 is 6.18 Å². The first-order valence-electron chi connectivity index (χ1n) is 12.4. The number of hydrogen-bond acceptors (Lipinski definition) is 1. The molecule has 0 spiro atoms. The second-order valence-corrected chi connectivity index (χ2v) is 10.4. The molecule has 5 atom stereocenters. The molecule has 170 valence electrons. The molecule has 2 bridgehead atoms. The summed E-state index contributed by atoms with van der Waals surface area (Å²) in [5, 5.41) is 0.344. The molecule has 31 heavy (non-hydrogen) atoms. The molecule has 1 saturated carbocycles. The third-order valence-corrected chi connectivity index (χ3v) is 8.34. The zero-order chi connectivity index (χ0) is 21.6. The minimum absolute atomic E-state index is 0.167. The Morgan fingerprint density at radius 1 is 0.774 bits per heavy atom. The van der Waals surface area contributed by atoms with Crippen molar-refractivity contribution in [3.8, 4) is 0 Å². The van der Waals surface area contributed by atoms with Crippen LogP contribution < -0.4 is 0 Å². The Morgan fingerprint density at radius 3 is 2.19 bits per heavy atom. The molecule has 0 amide bonds. The van der Waals surface area contributed by atoms with Crippen LogP contribution in [0.15, 0.2) is 30.5 Å². The average Bonchev–Trinajstić information content (AvgIpc) is 3.11. The molecule has 3 aliphatic rings. The molecule has 3 unspecified atom stereocenters. The number of rotatable bonds is 2. The highest BCUT2D eigenvalue weighted by Crippen LogP contribution is 2.45. The Balaban J connectivity index is 1.42. The van der Waals surface area contributed by atoms with Crippen LogP contribution in [0.5, 0.6) is 0 Å². The van der Waals surface area contributed by atoms with E-state index >= 15 is 0 Å². The lowest BCUT2D eigenvalue weighted by Crippen LogP contribution is -2.56. The van der Waals surface area contributed by atoms with Gasteiger partial charge in [-0.05, 0) is 56.9 Å². The first-order valence-corrected chi connectivity index (χ1v) is 12.4. The molecule has 5 heteroatoms. The molecule has 2 aromatic rings. The molecule has 3 fully saturated rings. The lowest BCUT2D eigenvalue weighted by Gasteiger charge is -2.53. The summed E-state index contributed by atoms with van der Waals surface area (Å²) in [5.41, 5.74) is 0.260. The molecule has 3 heterocycles. The molecule has 0 N–H and O–H groups in total. The van der Waals surface area contributed by atoms with E-state index in [-0.39, 0.29) is 6.04 Å². The van der Waals surface area contributed by atoms with E-state index < -0.39 is 11.7 Å². The second kappa shape index (κ2) is 8.46. The minimum atomic E-state index is -4.31. The Bertz CT molecular complexity index is 888. The summed E-state index contributed by atoms with van der Waals surface area (Å²) in [6.07, 6.45) is 10.7. The van der Waals surface area contributed by atoms with E-state index in [9.17, 15) is 13.2 Å². The molecule has 2 saturated heterocycles. The van der Waals surface area contributed by atoms with Gasteiger partial charge in [0.2, 0.25) is 0 Å². The van der Waals surface area contributed by atoms with E-state index in [0.29, 0.717) is 23.5 Å². The fourth-order valence-electron chi connectivity index (χ4n) is 6.88. The Kier molecular flexibility index (Phi) is 5.83. The Hall–Kier alpha value is -1.49. The largest absolute Gasteiger partial charge is 0.418 e. The fourth-order valence-corrected chi connectivity index (χ4v) is 6.88. The molecular formula is C26H35F3N2. The van der Waals surface area contributed by atoms with Crippen LogP contribution in [0.2, 0.25) is 0 Å². The van der Waals surface area contributed by atoms with E-state index in [2.05, 4.69) is 11.8 Å². The molecule has 5 rings (SSSR count). The maximum Gasteiger partial charge on any atom is 0.418 e. The van der Waals surface area contributed by atoms with Gasteiger partial charge in [-0.1, -0.05) is 50.8 Å². The van der Waals surface area contributed by atoms with Crippen molar-refractivity contribution in [3.63, 3.8) is 0 Å². The van der Waals surface area contributed by atoms with Crippen LogP contribution in [0, 0.1) is 5.92 Å². The van der Waals surface area contributed by atoms with E-state index in [1.807, 2.05) is 16.7 Å². The number of alkyl halides is 3. The highest BCUT2D eigenvalue weighted by atomic mass is 19.4. The zero-order valence-electron chi connectivity index (χ0n) is 18.6. The number of fused-ring (bicyclic) bond motifs is 3. The maximum atomic E-state index is 13.7. The van der Waals surface area contributed by atoms with Crippen molar-refractivity contribution >= 4 is 10.9 Å². The Morgan fingerprint density at radius 2 is 1.45 bits per heavy atom. The van der Waals surface area contributed by atoms with Gasteiger partial charge < -0.3 is 4.57 Å². The number of aromatic nitrogens is 1. The quantitative estimate of drug-likeness (QED) is 0.475. The first kappa shape index (κ1) is 21.4. The second-order valence-electron chi connectivity index (χ2n) is 10.4. The fraction of sp³-hybridized carbons (Fsp3) is 0.692. The van der Waals surface area contributed by atoms with Crippen molar-refractivity contribution in [2.45, 2.75) is 108 Å². The molecule has 2 aliphatic heterocycles. The maximum absolute atomic E-state index is 13.7. The van der Waals surface area contributed by atoms with Crippen molar-refractivity contribution < 1.29 is 13.2 Å². The van der Waals surface area contributed by atoms with Gasteiger partial charge in [0.05, 0.1) is 5.56 Å². The predicted octanol–water partition coefficient (Wildman–Crippen LogP) is 7.58. The van der Waals surface area contributed by atoms with Crippen LogP contribution in [0.3, 0.4) is 0 Å². The van der Waals surface area contributed by atoms with Gasteiger partial charge in [-0.3, -0.25) is 4.90 Å². The smallest absolute Gasteiger partial charge is 0.344 e. The summed E-state index contributed by atoms with van der Waals surface area (Å²) in [7, 11) is 0. The van der Waals surface area contributed by atoms with Crippen molar-refractivity contribution in [1.29, 1.82) is 0 Å². The molecular weight excluding hydrogens is 397 g/mol. The van der Waals surface area contributed by atoms with Gasteiger partial charge in [-0.15, -0.1) is 0 Å². The van der Waals surface area contributed by atoms with Crippen molar-refractivity contribution in [2.24, 2.45) is 5.92 Å². The van der Waals surface area contributed by atoms with E-state index in [1.165, 1.54) is 64.0 Å². The SMILES string of the molecule is CC1CCCCC(N2[C@@H]3CCC[C@H]2CC(n2cc(C(F)(F)F)c4ccccc42)C3)CC1. The van der Waals surface area contributed by atoms with Crippen LogP contribution >= 0.6 is 0 Å². The van der Waals surface area contributed by atoms with Crippen molar-refractivity contribution in [1.82, 2.24) is 9.47 Å². The van der Waals surface area contributed by atoms with E-state index in [1.54, 1.807) is 12.1 Å². The van der Waals surface area contributed by atoms with Crippen LogP contribution in [-0.2, 0) is 6.18 Å². The van der Waals surface area contributed by atoms with Gasteiger partial charge in [-0.25, -0.2) is 0 Å². The number of nitrogens with zero attached hydrogens (tertiary/aromatic N) is 2. The monoisotopic (exact) mass is 432 g/mol. The van der Waals surface area contributed by atoms with E-state index in [4.69, 9.17) is 0 Å². The summed E-state index contributed by atoms with van der Waals surface area (Å²) in [5.74, 6) is 0.826. The number of piperidine rings is 2. The highest BCUT2D eigenvalue weighted by molar-refractivity contribution is 5.84. The third-order valence-electron chi connectivity index (χ3n) is 8.34. The molecule has 1 aromatic heterocycles. The number of benzene rings is 1. The first-order chi connectivity index (χ1) is 14.9. The molecule has 2 nitrogen and oxygen atoms in total. The average molecular weight is 433 g/mol. The van der Waals surface area contributed by atoms with Crippen molar-refractivity contribution in [2.75, 3.05) is 0 Å². The number of para-hydroxylation sites is 1. The zero-order valence-corrected chi connectivity index (χ0v) is 18.6. The standard InChI is InChI=1S/C26H35F3N2/c1-18-7-2-3-8-19(14-13-18)31-20-9-6-10-21(31)16-22(15-20)30-17-24(26(27,28)29)23-11-4-5-12-25(23)30/h4-5,11-12,17-22H,2-3,6-10,13-16H2,1H3/t18?,19?,20-,21+,22?. The third kappa shape index (κ3) is 4.15. The summed E-state index contributed by atoms with van der Waals surface area (Å²) in [6.45, 7) is 2.39. The summed E-state index contributed by atoms with van der Waals surface area (Å²) in [4.78, 5) is 2.84. The van der Waals surface area contributed by atoms with Crippen LogP contribution in [0.25, 0.3) is 10.9 Å². The van der Waals surface area contributed by atoms with Gasteiger partial charge in [-0.2, -0.15) is 13.2 Å². The van der Waals surface area contributed by atoms with Crippen LogP contribution in [-0.4, -0.2) is 27.6 Å². The molecule has 0 radical (unpaired) electrons. The minimum Gasteiger partial charge on any atom is -0.344 e. The van der Waals surface area contributed by atoms with Gasteiger partial charge in [0.25, 0.3) is 0 Å². The lowest BCUT2D eigenvalue weighted by molar-refractivity contribution is -0.136. The topological polar surface area (TPSA) is 8.17 Å². The normalized spacial score (nSPS) is 33.2. The summed E-state index contributed by atoms with van der Waals surface area (Å²) in [6, 6.07) is 8.95. The summed E-state index contributed by atoms with van der Waals surface area (Å²) >= 11 is 0. The highest BCUT2D eigenvalue weighted by Gasteiger charge is 2.43. The molecule has 1 aromatic carbocycles. The predicted molar refractivity (Wildman–Crippen MR) is 119 cm³/mol. The van der Waals surface area contributed by atoms with Gasteiger partial charge in [0.1, 0.15) is 0 Å². The molecule has 1 aliphatic carbocycles. The van der Waals surface area contributed by atoms with E-state index in [0.717, 1.165) is 24.3 Å².